The van der Waals surface area contributed by atoms with Gasteiger partial charge < -0.3 is 24.0 Å². The average molecular weight is 769 g/mol. The molecule has 0 saturated carbocycles. The molecular formula is C43H77O9P. The molecule has 1 aliphatic heterocycles. The molecule has 308 valence electrons. The minimum Gasteiger partial charge on any atom is -0.462 e. The zero-order valence-corrected chi connectivity index (χ0v) is 34.7. The number of phosphoric acid groups is 1. The quantitative estimate of drug-likeness (QED) is 0.0208. The van der Waals surface area contributed by atoms with Gasteiger partial charge in [0.2, 0.25) is 0 Å². The van der Waals surface area contributed by atoms with Crippen LogP contribution in [0.15, 0.2) is 36.5 Å². The third kappa shape index (κ3) is 34.5. The number of epoxide rings is 1. The second kappa shape index (κ2) is 33.6. The lowest BCUT2D eigenvalue weighted by Crippen LogP contribution is -2.29. The standard InChI is InChI=1S/C43H77O9P/c1-4-5-26-32-40-41(52-40)33-28-23-19-15-12-13-17-21-25-30-35-43(45)51-39(37-50-53(46,47)48)36-49-42(44)34-29-24-20-16-11-9-7-6-8-10-14-18-22-27-31-38(2)3/h12,15,17,21,23,28,38-41H,4-11,13-14,16,18-20,22,24-27,29-37H2,1-3H3,(H2,46,47,48)/b15-12-,21-17-,28-23-/t39-,40?,41?/m1/s1. The lowest BCUT2D eigenvalue weighted by molar-refractivity contribution is -0.161. The van der Waals surface area contributed by atoms with Crippen molar-refractivity contribution < 1.29 is 42.7 Å². The Kier molecular flexibility index (Phi) is 31.2. The monoisotopic (exact) mass is 769 g/mol. The second-order valence-corrected chi connectivity index (χ2v) is 16.4. The Morgan fingerprint density at radius 1 is 0.660 bits per heavy atom. The molecule has 0 amide bonds. The topological polar surface area (TPSA) is 132 Å². The molecule has 53 heavy (non-hydrogen) atoms. The van der Waals surface area contributed by atoms with Gasteiger partial charge in [0.1, 0.15) is 6.61 Å². The van der Waals surface area contributed by atoms with Gasteiger partial charge in [0, 0.05) is 12.8 Å². The van der Waals surface area contributed by atoms with E-state index in [1.54, 1.807) is 0 Å². The van der Waals surface area contributed by atoms with Gasteiger partial charge >= 0.3 is 19.8 Å². The summed E-state index contributed by atoms with van der Waals surface area (Å²) in [6.45, 7) is 5.95. The van der Waals surface area contributed by atoms with Gasteiger partial charge in [-0.15, -0.1) is 0 Å². The predicted octanol–water partition coefficient (Wildman–Crippen LogP) is 11.8. The summed E-state index contributed by atoms with van der Waals surface area (Å²) >= 11 is 0. The van der Waals surface area contributed by atoms with E-state index in [0.717, 1.165) is 44.4 Å². The lowest BCUT2D eigenvalue weighted by Gasteiger charge is -2.18. The van der Waals surface area contributed by atoms with Crippen LogP contribution in [-0.4, -0.2) is 53.3 Å². The number of carbonyl (C=O) groups excluding carboxylic acids is 2. The van der Waals surface area contributed by atoms with Gasteiger partial charge in [-0.1, -0.05) is 166 Å². The normalized spacial score (nSPS) is 16.7. The fourth-order valence-electron chi connectivity index (χ4n) is 6.23. The van der Waals surface area contributed by atoms with Crippen molar-refractivity contribution in [3.8, 4) is 0 Å². The molecule has 1 fully saturated rings. The molecular weight excluding hydrogens is 691 g/mol. The molecule has 0 aromatic rings. The molecule has 1 aliphatic rings. The number of rotatable bonds is 37. The van der Waals surface area contributed by atoms with Crippen LogP contribution < -0.4 is 0 Å². The third-order valence-corrected chi connectivity index (χ3v) is 10.00. The van der Waals surface area contributed by atoms with Crippen molar-refractivity contribution in [2.45, 2.75) is 206 Å². The maximum absolute atomic E-state index is 12.4. The zero-order chi connectivity index (χ0) is 38.8. The van der Waals surface area contributed by atoms with E-state index < -0.39 is 32.5 Å². The van der Waals surface area contributed by atoms with Crippen LogP contribution in [0.25, 0.3) is 0 Å². The van der Waals surface area contributed by atoms with Crippen LogP contribution in [0.3, 0.4) is 0 Å². The molecule has 1 rings (SSSR count). The van der Waals surface area contributed by atoms with Gasteiger partial charge in [-0.05, 0) is 50.9 Å². The molecule has 0 aromatic heterocycles. The molecule has 2 unspecified atom stereocenters. The first-order chi connectivity index (χ1) is 25.6. The highest BCUT2D eigenvalue weighted by Gasteiger charge is 2.36. The van der Waals surface area contributed by atoms with E-state index >= 15 is 0 Å². The van der Waals surface area contributed by atoms with E-state index in [0.29, 0.717) is 25.0 Å². The van der Waals surface area contributed by atoms with Gasteiger partial charge in [-0.2, -0.15) is 0 Å². The summed E-state index contributed by atoms with van der Waals surface area (Å²) in [7, 11) is -4.77. The van der Waals surface area contributed by atoms with Crippen LogP contribution in [0.1, 0.15) is 188 Å². The molecule has 0 radical (unpaired) electrons. The molecule has 10 heteroatoms. The smallest absolute Gasteiger partial charge is 0.462 e. The van der Waals surface area contributed by atoms with Crippen molar-refractivity contribution >= 4 is 19.8 Å². The Labute approximate surface area is 323 Å². The van der Waals surface area contributed by atoms with Gasteiger partial charge in [0.15, 0.2) is 6.10 Å². The van der Waals surface area contributed by atoms with Crippen molar-refractivity contribution in [1.82, 2.24) is 0 Å². The van der Waals surface area contributed by atoms with E-state index in [2.05, 4.69) is 55.7 Å². The first kappa shape index (κ1) is 49.2. The number of hydrogen-bond donors (Lipinski definition) is 2. The summed E-state index contributed by atoms with van der Waals surface area (Å²) in [6, 6.07) is 0. The molecule has 0 spiro atoms. The highest BCUT2D eigenvalue weighted by Crippen LogP contribution is 2.36. The largest absolute Gasteiger partial charge is 0.469 e. The van der Waals surface area contributed by atoms with Crippen LogP contribution in [0.2, 0.25) is 0 Å². The SMILES string of the molecule is CCCCCC1OC1C/C=C\C/C=C\C/C=C\CCCC(=O)O[C@H](COC(=O)CCCCCCCCCCCCCCCCC(C)C)COP(=O)(O)O. The average Bonchev–Trinajstić information content (AvgIpc) is 3.87. The minimum atomic E-state index is -4.77. The molecule has 0 bridgehead atoms. The Morgan fingerprint density at radius 2 is 1.21 bits per heavy atom. The van der Waals surface area contributed by atoms with E-state index in [1.165, 1.54) is 103 Å². The second-order valence-electron chi connectivity index (χ2n) is 15.2. The molecule has 1 heterocycles. The maximum atomic E-state index is 12.4. The number of hydrogen-bond acceptors (Lipinski definition) is 7. The van der Waals surface area contributed by atoms with Crippen LogP contribution in [0.5, 0.6) is 0 Å². The Morgan fingerprint density at radius 3 is 1.79 bits per heavy atom. The molecule has 0 aliphatic carbocycles. The number of allylic oxidation sites excluding steroid dienone is 5. The van der Waals surface area contributed by atoms with Gasteiger partial charge in [0.25, 0.3) is 0 Å². The predicted molar refractivity (Wildman–Crippen MR) is 215 cm³/mol. The van der Waals surface area contributed by atoms with Crippen molar-refractivity contribution in [1.29, 1.82) is 0 Å². The number of carbonyl (C=O) groups is 2. The van der Waals surface area contributed by atoms with Crippen LogP contribution in [0, 0.1) is 5.92 Å². The summed E-state index contributed by atoms with van der Waals surface area (Å²) in [5, 5.41) is 0. The Bertz CT molecular complexity index is 1030. The Balaban J connectivity index is 2.08. The van der Waals surface area contributed by atoms with Crippen molar-refractivity contribution in [2.75, 3.05) is 13.2 Å². The number of ether oxygens (including phenoxy) is 3. The Hall–Kier alpha value is -1.77. The first-order valence-corrected chi connectivity index (χ1v) is 22.8. The molecule has 3 atom stereocenters. The lowest BCUT2D eigenvalue weighted by atomic mass is 10.0. The number of unbranched alkanes of at least 4 members (excludes halogenated alkanes) is 16. The first-order valence-electron chi connectivity index (χ1n) is 21.3. The van der Waals surface area contributed by atoms with Crippen molar-refractivity contribution in [3.05, 3.63) is 36.5 Å². The van der Waals surface area contributed by atoms with Crippen molar-refractivity contribution in [2.24, 2.45) is 5.92 Å². The van der Waals surface area contributed by atoms with Crippen LogP contribution in [-0.2, 0) is 32.9 Å². The number of esters is 2. The minimum absolute atomic E-state index is 0.133. The van der Waals surface area contributed by atoms with Crippen LogP contribution in [0.4, 0.5) is 0 Å². The van der Waals surface area contributed by atoms with Crippen LogP contribution >= 0.6 is 7.82 Å². The molecule has 1 saturated heterocycles. The van der Waals surface area contributed by atoms with E-state index in [1.807, 2.05) is 6.08 Å². The fraction of sp³-hybridized carbons (Fsp3) is 0.814. The van der Waals surface area contributed by atoms with Gasteiger partial charge in [-0.3, -0.25) is 14.1 Å². The van der Waals surface area contributed by atoms with Gasteiger partial charge in [0.05, 0.1) is 18.8 Å². The summed E-state index contributed by atoms with van der Waals surface area (Å²) in [4.78, 5) is 42.8. The third-order valence-electron chi connectivity index (χ3n) is 9.51. The maximum Gasteiger partial charge on any atom is 0.469 e. The summed E-state index contributed by atoms with van der Waals surface area (Å²) in [5.41, 5.74) is 0. The van der Waals surface area contributed by atoms with Crippen molar-refractivity contribution in [3.63, 3.8) is 0 Å². The van der Waals surface area contributed by atoms with Gasteiger partial charge in [-0.25, -0.2) is 4.57 Å². The summed E-state index contributed by atoms with van der Waals surface area (Å²) in [5.74, 6) is -0.122. The van der Waals surface area contributed by atoms with E-state index in [9.17, 15) is 14.2 Å². The summed E-state index contributed by atoms with van der Waals surface area (Å²) < 4.78 is 32.1. The van der Waals surface area contributed by atoms with E-state index in [-0.39, 0.29) is 19.4 Å². The zero-order valence-electron chi connectivity index (χ0n) is 33.8. The fourth-order valence-corrected chi connectivity index (χ4v) is 6.59. The number of phosphoric ester groups is 1. The highest BCUT2D eigenvalue weighted by molar-refractivity contribution is 7.46. The molecule has 2 N–H and O–H groups in total. The highest BCUT2D eigenvalue weighted by atomic mass is 31.2. The van der Waals surface area contributed by atoms with E-state index in [4.69, 9.17) is 24.0 Å². The molecule has 0 aromatic carbocycles. The molecule has 9 nitrogen and oxygen atoms in total. The summed E-state index contributed by atoms with van der Waals surface area (Å²) in [6.07, 6.45) is 40.5.